The molecule has 1 aliphatic carbocycles. The molecule has 0 atom stereocenters. The van der Waals surface area contributed by atoms with Crippen LogP contribution in [0, 0.1) is 25.7 Å². The molecule has 1 saturated heterocycles. The van der Waals surface area contributed by atoms with Crippen LogP contribution in [0.4, 0.5) is 0 Å². The molecule has 2 heterocycles. The van der Waals surface area contributed by atoms with Crippen LogP contribution in [0.1, 0.15) is 47.6 Å². The molecule has 7 nitrogen and oxygen atoms in total. The molecule has 1 aliphatic heterocycles. The molecule has 0 radical (unpaired) electrons. The van der Waals surface area contributed by atoms with E-state index in [4.69, 9.17) is 4.42 Å². The summed E-state index contributed by atoms with van der Waals surface area (Å²) < 4.78 is 5.31. The number of aryl methyl sites for hydroxylation is 2. The summed E-state index contributed by atoms with van der Waals surface area (Å²) in [5, 5.41) is 0. The predicted octanol–water partition coefficient (Wildman–Crippen LogP) is 1.31. The van der Waals surface area contributed by atoms with E-state index in [-0.39, 0.29) is 29.6 Å². The number of carbonyl (C=O) groups is 3. The minimum atomic E-state index is -0.390. The predicted molar refractivity (Wildman–Crippen MR) is 85.8 cm³/mol. The van der Waals surface area contributed by atoms with E-state index >= 15 is 0 Å². The molecule has 1 aromatic rings. The molecule has 1 saturated carbocycles. The number of hydrogen-bond donors (Lipinski definition) is 2. The molecule has 130 valence electrons. The van der Waals surface area contributed by atoms with Gasteiger partial charge in [0.25, 0.3) is 5.91 Å². The Balaban J connectivity index is 1.45. The summed E-state index contributed by atoms with van der Waals surface area (Å²) in [5.74, 6) is 0.839. The monoisotopic (exact) mass is 333 g/mol. The highest BCUT2D eigenvalue weighted by atomic mass is 16.3. The number of amides is 3. The van der Waals surface area contributed by atoms with Gasteiger partial charge in [-0.25, -0.2) is 0 Å². The average molecular weight is 333 g/mol. The summed E-state index contributed by atoms with van der Waals surface area (Å²) in [6.07, 6.45) is 3.25. The van der Waals surface area contributed by atoms with Gasteiger partial charge < -0.3 is 9.32 Å². The molecule has 2 N–H and O–H groups in total. The van der Waals surface area contributed by atoms with Crippen molar-refractivity contribution in [1.29, 1.82) is 0 Å². The van der Waals surface area contributed by atoms with Crippen LogP contribution in [-0.2, 0) is 9.59 Å². The van der Waals surface area contributed by atoms with Crippen LogP contribution in [0.25, 0.3) is 0 Å². The van der Waals surface area contributed by atoms with E-state index in [1.165, 1.54) is 0 Å². The van der Waals surface area contributed by atoms with Gasteiger partial charge in [0.15, 0.2) is 0 Å². The van der Waals surface area contributed by atoms with E-state index in [0.717, 1.165) is 12.8 Å². The van der Waals surface area contributed by atoms with Gasteiger partial charge in [0.05, 0.1) is 5.56 Å². The largest absolute Gasteiger partial charge is 0.466 e. The van der Waals surface area contributed by atoms with Gasteiger partial charge in [-0.3, -0.25) is 25.2 Å². The smallest absolute Gasteiger partial charge is 0.273 e. The SMILES string of the molecule is Cc1cc(C(=O)NNC(=O)C2CCN(C(=O)C3CC3)CC2)c(C)o1. The Bertz CT molecular complexity index is 655. The van der Waals surface area contributed by atoms with E-state index in [9.17, 15) is 14.4 Å². The highest BCUT2D eigenvalue weighted by Crippen LogP contribution is 2.32. The first-order chi connectivity index (χ1) is 11.5. The molecule has 0 bridgehead atoms. The van der Waals surface area contributed by atoms with Crippen LogP contribution in [0.15, 0.2) is 10.5 Å². The van der Waals surface area contributed by atoms with Crippen LogP contribution in [0.2, 0.25) is 0 Å². The van der Waals surface area contributed by atoms with Gasteiger partial charge in [-0.15, -0.1) is 0 Å². The summed E-state index contributed by atoms with van der Waals surface area (Å²) in [5.41, 5.74) is 5.33. The van der Waals surface area contributed by atoms with E-state index in [1.54, 1.807) is 19.9 Å². The number of piperidine rings is 1. The minimum absolute atomic E-state index is 0.180. The van der Waals surface area contributed by atoms with Gasteiger partial charge in [-0.1, -0.05) is 0 Å². The molecule has 0 aromatic carbocycles. The Kier molecular flexibility index (Phi) is 4.59. The van der Waals surface area contributed by atoms with E-state index < -0.39 is 0 Å². The maximum absolute atomic E-state index is 12.2. The third-order valence-electron chi connectivity index (χ3n) is 4.69. The van der Waals surface area contributed by atoms with Gasteiger partial charge >= 0.3 is 0 Å². The van der Waals surface area contributed by atoms with Crippen LogP contribution in [0.5, 0.6) is 0 Å². The summed E-state index contributed by atoms with van der Waals surface area (Å²) in [4.78, 5) is 38.1. The molecule has 24 heavy (non-hydrogen) atoms. The fraction of sp³-hybridized carbons (Fsp3) is 0.588. The first-order valence-corrected chi connectivity index (χ1v) is 8.41. The van der Waals surface area contributed by atoms with Crippen molar-refractivity contribution in [3.05, 3.63) is 23.2 Å². The van der Waals surface area contributed by atoms with Crippen molar-refractivity contribution in [3.63, 3.8) is 0 Å². The number of rotatable bonds is 3. The van der Waals surface area contributed by atoms with Crippen LogP contribution in [-0.4, -0.2) is 35.7 Å². The zero-order chi connectivity index (χ0) is 17.3. The summed E-state index contributed by atoms with van der Waals surface area (Å²) in [6, 6.07) is 1.64. The van der Waals surface area contributed by atoms with Gasteiger partial charge in [0.2, 0.25) is 11.8 Å². The average Bonchev–Trinajstić information content (AvgIpc) is 3.36. The van der Waals surface area contributed by atoms with Crippen molar-refractivity contribution >= 4 is 17.7 Å². The lowest BCUT2D eigenvalue weighted by Gasteiger charge is -2.31. The molecule has 7 heteroatoms. The second-order valence-corrected chi connectivity index (χ2v) is 6.64. The van der Waals surface area contributed by atoms with Crippen molar-refractivity contribution in [2.75, 3.05) is 13.1 Å². The highest BCUT2D eigenvalue weighted by molar-refractivity contribution is 5.96. The molecular weight excluding hydrogens is 310 g/mol. The number of carbonyl (C=O) groups excluding carboxylic acids is 3. The van der Waals surface area contributed by atoms with Crippen LogP contribution >= 0.6 is 0 Å². The molecule has 3 amide bonds. The fourth-order valence-corrected chi connectivity index (χ4v) is 3.09. The van der Waals surface area contributed by atoms with Crippen LogP contribution in [0.3, 0.4) is 0 Å². The number of nitrogens with zero attached hydrogens (tertiary/aromatic N) is 1. The van der Waals surface area contributed by atoms with E-state index in [1.807, 2.05) is 4.90 Å². The van der Waals surface area contributed by atoms with Crippen molar-refractivity contribution < 1.29 is 18.8 Å². The molecule has 2 fully saturated rings. The Morgan fingerprint density at radius 2 is 1.71 bits per heavy atom. The Morgan fingerprint density at radius 3 is 2.25 bits per heavy atom. The maximum Gasteiger partial charge on any atom is 0.273 e. The number of nitrogens with one attached hydrogen (secondary N) is 2. The Morgan fingerprint density at radius 1 is 1.04 bits per heavy atom. The number of hydrazine groups is 1. The lowest BCUT2D eigenvalue weighted by molar-refractivity contribution is -0.136. The summed E-state index contributed by atoms with van der Waals surface area (Å²) in [6.45, 7) is 4.69. The quantitative estimate of drug-likeness (QED) is 0.816. The Labute approximate surface area is 140 Å². The van der Waals surface area contributed by atoms with E-state index in [0.29, 0.717) is 43.0 Å². The van der Waals surface area contributed by atoms with Gasteiger partial charge in [-0.05, 0) is 45.6 Å². The lowest BCUT2D eigenvalue weighted by Crippen LogP contribution is -2.48. The zero-order valence-electron chi connectivity index (χ0n) is 14.1. The maximum atomic E-state index is 12.2. The number of furan rings is 1. The van der Waals surface area contributed by atoms with E-state index in [2.05, 4.69) is 10.9 Å². The lowest BCUT2D eigenvalue weighted by atomic mass is 9.96. The third kappa shape index (κ3) is 3.60. The van der Waals surface area contributed by atoms with Crippen molar-refractivity contribution in [1.82, 2.24) is 15.8 Å². The molecule has 3 rings (SSSR count). The number of hydrogen-bond acceptors (Lipinski definition) is 4. The standard InChI is InChI=1S/C17H23N3O4/c1-10-9-14(11(2)24-10)16(22)19-18-15(21)12-5-7-20(8-6-12)17(23)13-3-4-13/h9,12-13H,3-8H2,1-2H3,(H,18,21)(H,19,22). The molecular formula is C17H23N3O4. The molecule has 0 unspecified atom stereocenters. The van der Waals surface area contributed by atoms with Crippen molar-refractivity contribution in [3.8, 4) is 0 Å². The summed E-state index contributed by atoms with van der Waals surface area (Å²) >= 11 is 0. The molecule has 1 aromatic heterocycles. The van der Waals surface area contributed by atoms with Gasteiger partial charge in [0, 0.05) is 24.9 Å². The first-order valence-electron chi connectivity index (χ1n) is 8.41. The first kappa shape index (κ1) is 16.5. The fourth-order valence-electron chi connectivity index (χ4n) is 3.09. The normalized spacial score (nSPS) is 18.3. The second-order valence-electron chi connectivity index (χ2n) is 6.64. The van der Waals surface area contributed by atoms with Crippen molar-refractivity contribution in [2.24, 2.45) is 11.8 Å². The summed E-state index contributed by atoms with van der Waals surface area (Å²) in [7, 11) is 0. The minimum Gasteiger partial charge on any atom is -0.466 e. The zero-order valence-corrected chi connectivity index (χ0v) is 14.1. The number of likely N-dealkylation sites (tertiary alicyclic amines) is 1. The second kappa shape index (κ2) is 6.67. The topological polar surface area (TPSA) is 91.7 Å². The third-order valence-corrected chi connectivity index (χ3v) is 4.69. The highest BCUT2D eigenvalue weighted by Gasteiger charge is 2.36. The van der Waals surface area contributed by atoms with Gasteiger partial charge in [-0.2, -0.15) is 0 Å². The van der Waals surface area contributed by atoms with Crippen LogP contribution < -0.4 is 10.9 Å². The van der Waals surface area contributed by atoms with Gasteiger partial charge in [0.1, 0.15) is 11.5 Å². The Hall–Kier alpha value is -2.31. The van der Waals surface area contributed by atoms with Crippen molar-refractivity contribution in [2.45, 2.75) is 39.5 Å². The molecule has 2 aliphatic rings. The molecule has 0 spiro atoms.